The molecule has 0 amide bonds. The highest BCUT2D eigenvalue weighted by Crippen LogP contribution is 2.46. The molecule has 0 atom stereocenters. The summed E-state index contributed by atoms with van der Waals surface area (Å²) in [6.07, 6.45) is 0. The molecule has 0 radical (unpaired) electrons. The highest BCUT2D eigenvalue weighted by molar-refractivity contribution is 6.15. The Bertz CT molecular complexity index is 2200. The number of nitrogens with zero attached hydrogens (tertiary/aromatic N) is 1. The minimum atomic E-state index is 1.12. The van der Waals surface area contributed by atoms with Crippen LogP contribution in [0.15, 0.2) is 188 Å². The van der Waals surface area contributed by atoms with Crippen LogP contribution in [0.5, 0.6) is 0 Å². The average molecular weight is 574 g/mol. The molecule has 212 valence electrons. The minimum absolute atomic E-state index is 1.12. The number of rotatable bonds is 6. The number of hydrogen-bond donors (Lipinski definition) is 0. The fourth-order valence-corrected chi connectivity index (χ4v) is 6.49. The summed E-state index contributed by atoms with van der Waals surface area (Å²) in [5.41, 5.74) is 10.6. The molecular formula is C44H31N. The normalized spacial score (nSPS) is 11.1. The van der Waals surface area contributed by atoms with E-state index in [9.17, 15) is 0 Å². The summed E-state index contributed by atoms with van der Waals surface area (Å²) in [6.45, 7) is 0. The van der Waals surface area contributed by atoms with Gasteiger partial charge in [-0.1, -0.05) is 146 Å². The molecule has 0 saturated heterocycles. The van der Waals surface area contributed by atoms with E-state index in [1.165, 1.54) is 54.9 Å². The van der Waals surface area contributed by atoms with E-state index in [0.717, 1.165) is 17.1 Å². The first-order valence-electron chi connectivity index (χ1n) is 15.4. The van der Waals surface area contributed by atoms with Gasteiger partial charge in [-0.05, 0) is 86.4 Å². The molecule has 0 aromatic heterocycles. The van der Waals surface area contributed by atoms with E-state index in [0.29, 0.717) is 0 Å². The molecule has 0 aliphatic heterocycles. The van der Waals surface area contributed by atoms with Gasteiger partial charge in [0.1, 0.15) is 0 Å². The Hall–Kier alpha value is -5.92. The van der Waals surface area contributed by atoms with Crippen molar-refractivity contribution in [3.63, 3.8) is 0 Å². The Labute approximate surface area is 264 Å². The SMILES string of the molecule is c1ccc(-c2cc(-c3ccccc3)cc(-c3ccccc3N(c3ccccc3)c3cc4ccccc4c4ccccc34)c2)cc1. The summed E-state index contributed by atoms with van der Waals surface area (Å²) in [7, 11) is 0. The monoisotopic (exact) mass is 573 g/mol. The van der Waals surface area contributed by atoms with Crippen molar-refractivity contribution >= 4 is 38.6 Å². The molecule has 0 saturated carbocycles. The second-order valence-electron chi connectivity index (χ2n) is 11.4. The first kappa shape index (κ1) is 26.7. The van der Waals surface area contributed by atoms with Crippen LogP contribution < -0.4 is 4.90 Å². The van der Waals surface area contributed by atoms with Gasteiger partial charge in [0.2, 0.25) is 0 Å². The van der Waals surface area contributed by atoms with Crippen molar-refractivity contribution < 1.29 is 0 Å². The fraction of sp³-hybridized carbons (Fsp3) is 0. The maximum Gasteiger partial charge on any atom is 0.0546 e. The second-order valence-corrected chi connectivity index (χ2v) is 11.4. The average Bonchev–Trinajstić information content (AvgIpc) is 3.13. The Balaban J connectivity index is 1.41. The van der Waals surface area contributed by atoms with E-state index in [1.807, 2.05) is 0 Å². The topological polar surface area (TPSA) is 3.24 Å². The molecule has 0 fully saturated rings. The van der Waals surface area contributed by atoms with Gasteiger partial charge < -0.3 is 4.90 Å². The first-order chi connectivity index (χ1) is 22.3. The predicted molar refractivity (Wildman–Crippen MR) is 192 cm³/mol. The molecule has 45 heavy (non-hydrogen) atoms. The number of benzene rings is 8. The summed E-state index contributed by atoms with van der Waals surface area (Å²) in [5, 5.41) is 4.96. The summed E-state index contributed by atoms with van der Waals surface area (Å²) < 4.78 is 0. The van der Waals surface area contributed by atoms with E-state index in [1.54, 1.807) is 0 Å². The number of para-hydroxylation sites is 2. The van der Waals surface area contributed by atoms with Gasteiger partial charge in [0.25, 0.3) is 0 Å². The molecule has 0 heterocycles. The Morgan fingerprint density at radius 1 is 0.289 bits per heavy atom. The molecule has 0 unspecified atom stereocenters. The van der Waals surface area contributed by atoms with E-state index >= 15 is 0 Å². The van der Waals surface area contributed by atoms with Gasteiger partial charge in [0, 0.05) is 16.6 Å². The Morgan fingerprint density at radius 3 is 1.44 bits per heavy atom. The molecule has 1 heteroatoms. The lowest BCUT2D eigenvalue weighted by Gasteiger charge is -2.29. The zero-order valence-electron chi connectivity index (χ0n) is 24.8. The zero-order valence-corrected chi connectivity index (χ0v) is 24.8. The first-order valence-corrected chi connectivity index (χ1v) is 15.4. The highest BCUT2D eigenvalue weighted by atomic mass is 15.1. The van der Waals surface area contributed by atoms with Crippen molar-refractivity contribution in [3.8, 4) is 33.4 Å². The molecule has 0 N–H and O–H groups in total. The third-order valence-electron chi connectivity index (χ3n) is 8.60. The van der Waals surface area contributed by atoms with E-state index < -0.39 is 0 Å². The number of hydrogen-bond acceptors (Lipinski definition) is 1. The quantitative estimate of drug-likeness (QED) is 0.179. The van der Waals surface area contributed by atoms with Crippen molar-refractivity contribution in [3.05, 3.63) is 188 Å². The summed E-state index contributed by atoms with van der Waals surface area (Å²) >= 11 is 0. The molecule has 0 bridgehead atoms. The van der Waals surface area contributed by atoms with Crippen molar-refractivity contribution in [2.24, 2.45) is 0 Å². The van der Waals surface area contributed by atoms with Gasteiger partial charge in [-0.3, -0.25) is 0 Å². The lowest BCUT2D eigenvalue weighted by atomic mass is 9.92. The lowest BCUT2D eigenvalue weighted by molar-refractivity contribution is 1.30. The molecule has 1 nitrogen and oxygen atoms in total. The zero-order chi connectivity index (χ0) is 30.0. The van der Waals surface area contributed by atoms with Gasteiger partial charge in [0.05, 0.1) is 11.4 Å². The molecule has 8 rings (SSSR count). The van der Waals surface area contributed by atoms with Crippen LogP contribution in [0, 0.1) is 0 Å². The lowest BCUT2D eigenvalue weighted by Crippen LogP contribution is -2.12. The van der Waals surface area contributed by atoms with Gasteiger partial charge in [-0.25, -0.2) is 0 Å². The molecular weight excluding hydrogens is 542 g/mol. The minimum Gasteiger partial charge on any atom is -0.309 e. The van der Waals surface area contributed by atoms with E-state index in [2.05, 4.69) is 193 Å². The highest BCUT2D eigenvalue weighted by Gasteiger charge is 2.20. The van der Waals surface area contributed by atoms with Crippen LogP contribution in [0.3, 0.4) is 0 Å². The van der Waals surface area contributed by atoms with Gasteiger partial charge in [-0.15, -0.1) is 0 Å². The van der Waals surface area contributed by atoms with Crippen molar-refractivity contribution in [1.29, 1.82) is 0 Å². The summed E-state index contributed by atoms with van der Waals surface area (Å²) in [5.74, 6) is 0. The van der Waals surface area contributed by atoms with Gasteiger partial charge >= 0.3 is 0 Å². The summed E-state index contributed by atoms with van der Waals surface area (Å²) in [6, 6.07) is 67.7. The molecule has 0 aliphatic rings. The van der Waals surface area contributed by atoms with Crippen LogP contribution in [-0.2, 0) is 0 Å². The van der Waals surface area contributed by atoms with Gasteiger partial charge in [0.15, 0.2) is 0 Å². The number of fused-ring (bicyclic) bond motifs is 3. The van der Waals surface area contributed by atoms with Crippen LogP contribution in [-0.4, -0.2) is 0 Å². The standard InChI is InChI=1S/C44H31N/c1-4-16-32(17-5-1)35-28-36(33-18-6-2-7-19-33)30-37(29-35)40-24-14-15-27-43(40)45(38-21-8-3-9-22-38)44-31-34-20-10-11-23-39(34)41-25-12-13-26-42(41)44/h1-31H. The maximum absolute atomic E-state index is 2.43. The van der Waals surface area contributed by atoms with Crippen LogP contribution in [0.4, 0.5) is 17.1 Å². The predicted octanol–water partition coefficient (Wildman–Crippen LogP) is 12.5. The molecule has 0 spiro atoms. The smallest absolute Gasteiger partial charge is 0.0546 e. The molecule has 8 aromatic rings. The fourth-order valence-electron chi connectivity index (χ4n) is 6.49. The second kappa shape index (κ2) is 11.6. The van der Waals surface area contributed by atoms with E-state index in [-0.39, 0.29) is 0 Å². The molecule has 0 aliphatic carbocycles. The van der Waals surface area contributed by atoms with Crippen LogP contribution in [0.1, 0.15) is 0 Å². The maximum atomic E-state index is 2.43. The van der Waals surface area contributed by atoms with Crippen LogP contribution in [0.2, 0.25) is 0 Å². The third kappa shape index (κ3) is 5.05. The van der Waals surface area contributed by atoms with Crippen molar-refractivity contribution in [2.45, 2.75) is 0 Å². The summed E-state index contributed by atoms with van der Waals surface area (Å²) in [4.78, 5) is 2.43. The number of anilines is 3. The Morgan fingerprint density at radius 2 is 0.778 bits per heavy atom. The van der Waals surface area contributed by atoms with Crippen molar-refractivity contribution in [1.82, 2.24) is 0 Å². The largest absolute Gasteiger partial charge is 0.309 e. The van der Waals surface area contributed by atoms with Crippen LogP contribution in [0.25, 0.3) is 54.9 Å². The molecule has 8 aromatic carbocycles. The van der Waals surface area contributed by atoms with Crippen LogP contribution >= 0.6 is 0 Å². The van der Waals surface area contributed by atoms with Gasteiger partial charge in [-0.2, -0.15) is 0 Å². The van der Waals surface area contributed by atoms with Crippen molar-refractivity contribution in [2.75, 3.05) is 4.90 Å². The van der Waals surface area contributed by atoms with E-state index in [4.69, 9.17) is 0 Å². The third-order valence-corrected chi connectivity index (χ3v) is 8.60. The Kier molecular flexibility index (Phi) is 6.90.